The van der Waals surface area contributed by atoms with Gasteiger partial charge < -0.3 is 9.64 Å². The lowest BCUT2D eigenvalue weighted by Crippen LogP contribution is -2.37. The van der Waals surface area contributed by atoms with E-state index in [0.29, 0.717) is 12.3 Å². The largest absolute Gasteiger partial charge is 0.362 e. The summed E-state index contributed by atoms with van der Waals surface area (Å²) in [5, 5.41) is 3.48. The lowest BCUT2D eigenvalue weighted by Gasteiger charge is -2.30. The van der Waals surface area contributed by atoms with E-state index in [-0.39, 0.29) is 12.4 Å². The molecular formula is C11H23ClN2O. The molecule has 3 nitrogen and oxygen atoms in total. The number of likely N-dealkylation sites (tertiary alicyclic amines) is 1. The van der Waals surface area contributed by atoms with Crippen LogP contribution >= 0.6 is 12.4 Å². The molecule has 3 unspecified atom stereocenters. The van der Waals surface area contributed by atoms with Crippen LogP contribution in [0.2, 0.25) is 0 Å². The Balaban J connectivity index is 0.00000112. The lowest BCUT2D eigenvalue weighted by atomic mass is 9.94. The summed E-state index contributed by atoms with van der Waals surface area (Å²) in [6, 6.07) is 0.543. The minimum Gasteiger partial charge on any atom is -0.362 e. The van der Waals surface area contributed by atoms with Gasteiger partial charge in [-0.25, -0.2) is 0 Å². The Labute approximate surface area is 99.0 Å². The predicted octanol–water partition coefficient (Wildman–Crippen LogP) is 1.47. The van der Waals surface area contributed by atoms with Gasteiger partial charge in [0.2, 0.25) is 0 Å². The molecule has 0 bridgehead atoms. The van der Waals surface area contributed by atoms with Crippen molar-refractivity contribution in [2.24, 2.45) is 5.92 Å². The van der Waals surface area contributed by atoms with Crippen molar-refractivity contribution in [2.75, 3.05) is 26.7 Å². The Hall–Kier alpha value is 0.170. The van der Waals surface area contributed by atoms with Crippen molar-refractivity contribution >= 4 is 12.4 Å². The van der Waals surface area contributed by atoms with Crippen LogP contribution in [-0.2, 0) is 4.74 Å². The minimum absolute atomic E-state index is 0. The molecule has 3 atom stereocenters. The molecule has 2 heterocycles. The highest BCUT2D eigenvalue weighted by Crippen LogP contribution is 2.21. The number of hydrogen-bond donors (Lipinski definition) is 1. The van der Waals surface area contributed by atoms with E-state index in [1.807, 2.05) is 0 Å². The smallest absolute Gasteiger partial charge is 0.108 e. The van der Waals surface area contributed by atoms with Gasteiger partial charge in [0.1, 0.15) is 6.23 Å². The molecule has 0 amide bonds. The quantitative estimate of drug-likeness (QED) is 0.784. The third-order valence-electron chi connectivity index (χ3n) is 3.29. The second-order valence-electron chi connectivity index (χ2n) is 4.90. The summed E-state index contributed by atoms with van der Waals surface area (Å²) in [5.74, 6) is 0.830. The molecule has 1 N–H and O–H groups in total. The summed E-state index contributed by atoms with van der Waals surface area (Å²) in [6.07, 6.45) is 4.24. The van der Waals surface area contributed by atoms with Crippen molar-refractivity contribution in [1.82, 2.24) is 10.2 Å². The Bertz CT molecular complexity index is 191. The molecule has 0 aromatic heterocycles. The zero-order valence-corrected chi connectivity index (χ0v) is 10.6. The second-order valence-corrected chi connectivity index (χ2v) is 4.90. The van der Waals surface area contributed by atoms with Gasteiger partial charge in [-0.2, -0.15) is 0 Å². The van der Waals surface area contributed by atoms with E-state index >= 15 is 0 Å². The van der Waals surface area contributed by atoms with Crippen LogP contribution < -0.4 is 5.32 Å². The van der Waals surface area contributed by atoms with Gasteiger partial charge in [0.15, 0.2) is 0 Å². The van der Waals surface area contributed by atoms with Crippen LogP contribution in [0.5, 0.6) is 0 Å². The van der Waals surface area contributed by atoms with E-state index in [0.717, 1.165) is 12.5 Å². The molecule has 0 spiro atoms. The maximum absolute atomic E-state index is 5.67. The van der Waals surface area contributed by atoms with Gasteiger partial charge in [-0.05, 0) is 45.7 Å². The van der Waals surface area contributed by atoms with Crippen molar-refractivity contribution in [3.8, 4) is 0 Å². The molecule has 0 aromatic rings. The van der Waals surface area contributed by atoms with Crippen LogP contribution in [0.15, 0.2) is 0 Å². The van der Waals surface area contributed by atoms with Gasteiger partial charge in [-0.15, -0.1) is 12.4 Å². The zero-order valence-electron chi connectivity index (χ0n) is 9.74. The average Bonchev–Trinajstić information content (AvgIpc) is 2.51. The first kappa shape index (κ1) is 13.2. The average molecular weight is 235 g/mol. The topological polar surface area (TPSA) is 24.5 Å². The number of ether oxygens (including phenoxy) is 1. The summed E-state index contributed by atoms with van der Waals surface area (Å²) in [4.78, 5) is 2.44. The zero-order chi connectivity index (χ0) is 9.97. The molecule has 0 radical (unpaired) electrons. The normalized spacial score (nSPS) is 37.6. The van der Waals surface area contributed by atoms with Crippen LogP contribution in [0.3, 0.4) is 0 Å². The van der Waals surface area contributed by atoms with E-state index in [4.69, 9.17) is 4.74 Å². The van der Waals surface area contributed by atoms with E-state index < -0.39 is 0 Å². The van der Waals surface area contributed by atoms with E-state index in [1.54, 1.807) is 0 Å². The van der Waals surface area contributed by atoms with Crippen molar-refractivity contribution in [3.63, 3.8) is 0 Å². The van der Waals surface area contributed by atoms with Crippen LogP contribution in [-0.4, -0.2) is 43.9 Å². The fourth-order valence-corrected chi connectivity index (χ4v) is 2.58. The first-order valence-electron chi connectivity index (χ1n) is 5.80. The maximum Gasteiger partial charge on any atom is 0.108 e. The van der Waals surface area contributed by atoms with E-state index in [1.165, 1.54) is 32.4 Å². The Morgan fingerprint density at radius 3 is 2.87 bits per heavy atom. The highest BCUT2D eigenvalue weighted by atomic mass is 35.5. The molecule has 2 rings (SSSR count). The number of nitrogens with zero attached hydrogens (tertiary/aromatic N) is 1. The summed E-state index contributed by atoms with van der Waals surface area (Å²) < 4.78 is 5.67. The van der Waals surface area contributed by atoms with Gasteiger partial charge in [0.05, 0.1) is 6.61 Å². The molecule has 4 heteroatoms. The molecule has 90 valence electrons. The highest BCUT2D eigenvalue weighted by Gasteiger charge is 2.26. The van der Waals surface area contributed by atoms with Gasteiger partial charge in [0.25, 0.3) is 0 Å². The molecular weight excluding hydrogens is 212 g/mol. The first-order valence-corrected chi connectivity index (χ1v) is 5.80. The number of nitrogens with one attached hydrogen (secondary N) is 1. The van der Waals surface area contributed by atoms with Crippen molar-refractivity contribution in [2.45, 2.75) is 38.5 Å². The third kappa shape index (κ3) is 3.91. The fraction of sp³-hybridized carbons (Fsp3) is 1.00. The van der Waals surface area contributed by atoms with Crippen molar-refractivity contribution in [1.29, 1.82) is 0 Å². The number of halogens is 1. The van der Waals surface area contributed by atoms with Crippen LogP contribution in [0.25, 0.3) is 0 Å². The molecule has 0 aromatic carbocycles. The molecule has 2 aliphatic heterocycles. The minimum atomic E-state index is 0. The monoisotopic (exact) mass is 234 g/mol. The van der Waals surface area contributed by atoms with Crippen molar-refractivity contribution in [3.05, 3.63) is 0 Å². The Morgan fingerprint density at radius 2 is 2.27 bits per heavy atom. The van der Waals surface area contributed by atoms with Gasteiger partial charge in [0, 0.05) is 12.6 Å². The third-order valence-corrected chi connectivity index (χ3v) is 3.29. The number of rotatable bonds is 2. The fourth-order valence-electron chi connectivity index (χ4n) is 2.58. The predicted molar refractivity (Wildman–Crippen MR) is 64.4 cm³/mol. The van der Waals surface area contributed by atoms with Crippen LogP contribution in [0.4, 0.5) is 0 Å². The Kier molecular flexibility index (Phi) is 5.33. The summed E-state index contributed by atoms with van der Waals surface area (Å²) in [5.41, 5.74) is 0. The number of piperidine rings is 1. The summed E-state index contributed by atoms with van der Waals surface area (Å²) >= 11 is 0. The first-order chi connectivity index (χ1) is 6.74. The number of hydrogen-bond acceptors (Lipinski definition) is 3. The summed E-state index contributed by atoms with van der Waals surface area (Å²) in [7, 11) is 2.22. The van der Waals surface area contributed by atoms with Crippen molar-refractivity contribution < 1.29 is 4.74 Å². The van der Waals surface area contributed by atoms with Gasteiger partial charge >= 0.3 is 0 Å². The molecule has 2 aliphatic rings. The second kappa shape index (κ2) is 6.04. The lowest BCUT2D eigenvalue weighted by molar-refractivity contribution is 0.0640. The SMILES string of the molecule is CC1COC(CC2CCCN(C)C2)N1.Cl. The molecule has 15 heavy (non-hydrogen) atoms. The maximum atomic E-state index is 5.67. The van der Waals surface area contributed by atoms with E-state index in [9.17, 15) is 0 Å². The standard InChI is InChI=1S/C11H22N2O.ClH/c1-9-8-14-11(12-9)6-10-4-3-5-13(2)7-10;/h9-12H,3-8H2,1-2H3;1H. The van der Waals surface area contributed by atoms with Crippen LogP contribution in [0, 0.1) is 5.92 Å². The van der Waals surface area contributed by atoms with Gasteiger partial charge in [-0.1, -0.05) is 0 Å². The molecule has 2 saturated heterocycles. The Morgan fingerprint density at radius 1 is 1.47 bits per heavy atom. The molecule has 2 fully saturated rings. The highest BCUT2D eigenvalue weighted by molar-refractivity contribution is 5.85. The van der Waals surface area contributed by atoms with Gasteiger partial charge in [-0.3, -0.25) is 5.32 Å². The van der Waals surface area contributed by atoms with E-state index in [2.05, 4.69) is 24.2 Å². The molecule has 0 aliphatic carbocycles. The molecule has 0 saturated carbocycles. The summed E-state index contributed by atoms with van der Waals surface area (Å²) in [6.45, 7) is 5.59. The van der Waals surface area contributed by atoms with Crippen LogP contribution in [0.1, 0.15) is 26.2 Å².